The number of carbonyl (C=O) groups excluding carboxylic acids is 1. The van der Waals surface area contributed by atoms with Gasteiger partial charge in [-0.05, 0) is 37.5 Å². The lowest BCUT2D eigenvalue weighted by atomic mass is 10.1. The number of benzene rings is 1. The zero-order valence-corrected chi connectivity index (χ0v) is 11.3. The Hall–Kier alpha value is -1.03. The molecule has 2 nitrogen and oxygen atoms in total. The van der Waals surface area contributed by atoms with Gasteiger partial charge in [-0.15, -0.1) is 0 Å². The third-order valence-electron chi connectivity index (χ3n) is 2.93. The number of hydrogen-bond donors (Lipinski definition) is 0. The van der Waals surface area contributed by atoms with Crippen LogP contribution in [0.15, 0.2) is 18.2 Å². The van der Waals surface area contributed by atoms with Crippen LogP contribution >= 0.6 is 11.8 Å². The van der Waals surface area contributed by atoms with E-state index in [1.807, 2.05) is 11.9 Å². The molecule has 0 saturated heterocycles. The molecule has 0 fully saturated rings. The van der Waals surface area contributed by atoms with Crippen LogP contribution in [0.5, 0.6) is 0 Å². The maximum absolute atomic E-state index is 13.5. The number of aldehydes is 1. The molecule has 0 N–H and O–H groups in total. The number of anilines is 1. The van der Waals surface area contributed by atoms with E-state index in [9.17, 15) is 9.18 Å². The van der Waals surface area contributed by atoms with E-state index in [1.165, 1.54) is 6.07 Å². The lowest BCUT2D eigenvalue weighted by molar-refractivity contribution is 0.112. The van der Waals surface area contributed by atoms with Gasteiger partial charge in [0.05, 0.1) is 11.3 Å². The number of halogens is 1. The van der Waals surface area contributed by atoms with Gasteiger partial charge in [-0.3, -0.25) is 4.79 Å². The fraction of sp³-hybridized carbons (Fsp3) is 0.462. The molecule has 1 aromatic carbocycles. The molecule has 0 bridgehead atoms. The summed E-state index contributed by atoms with van der Waals surface area (Å²) < 4.78 is 13.5. The lowest BCUT2D eigenvalue weighted by Gasteiger charge is -2.28. The molecule has 0 radical (unpaired) electrons. The van der Waals surface area contributed by atoms with E-state index < -0.39 is 5.82 Å². The van der Waals surface area contributed by atoms with Gasteiger partial charge < -0.3 is 4.90 Å². The topological polar surface area (TPSA) is 20.3 Å². The highest BCUT2D eigenvalue weighted by atomic mass is 32.2. The summed E-state index contributed by atoms with van der Waals surface area (Å²) >= 11 is 1.79. The Morgan fingerprint density at radius 2 is 2.24 bits per heavy atom. The number of nitrogens with zero attached hydrogens (tertiary/aromatic N) is 1. The van der Waals surface area contributed by atoms with Gasteiger partial charge in [-0.1, -0.05) is 6.07 Å². The van der Waals surface area contributed by atoms with Crippen molar-refractivity contribution in [2.75, 3.05) is 24.0 Å². The SMILES string of the molecule is CSCCC(C)N(C)c1cccc(F)c1C=O. The van der Waals surface area contributed by atoms with Crippen LogP contribution in [0, 0.1) is 5.82 Å². The molecule has 1 aromatic rings. The molecule has 0 amide bonds. The molecule has 4 heteroatoms. The van der Waals surface area contributed by atoms with Gasteiger partial charge in [0.2, 0.25) is 0 Å². The Labute approximate surface area is 106 Å². The molecule has 17 heavy (non-hydrogen) atoms. The van der Waals surface area contributed by atoms with Crippen molar-refractivity contribution in [3.63, 3.8) is 0 Å². The zero-order chi connectivity index (χ0) is 12.8. The van der Waals surface area contributed by atoms with E-state index in [2.05, 4.69) is 13.2 Å². The molecule has 0 aromatic heterocycles. The molecule has 0 aliphatic rings. The highest BCUT2D eigenvalue weighted by Crippen LogP contribution is 2.23. The Bertz CT molecular complexity index is 384. The third kappa shape index (κ3) is 3.46. The van der Waals surface area contributed by atoms with Gasteiger partial charge in [0.25, 0.3) is 0 Å². The summed E-state index contributed by atoms with van der Waals surface area (Å²) in [7, 11) is 1.90. The first-order chi connectivity index (χ1) is 8.11. The number of rotatable bonds is 6. The molecule has 1 unspecified atom stereocenters. The lowest BCUT2D eigenvalue weighted by Crippen LogP contribution is -2.30. The molecular formula is C13H18FNOS. The second-order valence-electron chi connectivity index (χ2n) is 4.03. The van der Waals surface area contributed by atoms with Gasteiger partial charge in [-0.25, -0.2) is 4.39 Å². The largest absolute Gasteiger partial charge is 0.371 e. The summed E-state index contributed by atoms with van der Waals surface area (Å²) in [4.78, 5) is 12.9. The highest BCUT2D eigenvalue weighted by Gasteiger charge is 2.15. The van der Waals surface area contributed by atoms with Crippen molar-refractivity contribution in [3.05, 3.63) is 29.6 Å². The van der Waals surface area contributed by atoms with Gasteiger partial charge in [0.15, 0.2) is 6.29 Å². The maximum Gasteiger partial charge on any atom is 0.155 e. The molecule has 0 heterocycles. The van der Waals surface area contributed by atoms with Crippen molar-refractivity contribution in [2.45, 2.75) is 19.4 Å². The Morgan fingerprint density at radius 1 is 1.53 bits per heavy atom. The number of hydrogen-bond acceptors (Lipinski definition) is 3. The Kier molecular flexibility index (Phi) is 5.48. The van der Waals surface area contributed by atoms with E-state index in [1.54, 1.807) is 23.9 Å². The van der Waals surface area contributed by atoms with Gasteiger partial charge in [0.1, 0.15) is 5.82 Å². The van der Waals surface area contributed by atoms with Crippen LogP contribution < -0.4 is 4.90 Å². The van der Waals surface area contributed by atoms with Crippen LogP contribution in [-0.2, 0) is 0 Å². The average molecular weight is 255 g/mol. The molecule has 1 atom stereocenters. The molecule has 0 saturated carbocycles. The quantitative estimate of drug-likeness (QED) is 0.728. The number of carbonyl (C=O) groups is 1. The predicted molar refractivity (Wildman–Crippen MR) is 72.7 cm³/mol. The normalized spacial score (nSPS) is 12.2. The van der Waals surface area contributed by atoms with Crippen molar-refractivity contribution >= 4 is 23.7 Å². The van der Waals surface area contributed by atoms with Crippen LogP contribution in [0.3, 0.4) is 0 Å². The second-order valence-corrected chi connectivity index (χ2v) is 5.02. The van der Waals surface area contributed by atoms with Crippen LogP contribution in [0.2, 0.25) is 0 Å². The first-order valence-corrected chi connectivity index (χ1v) is 6.96. The van der Waals surface area contributed by atoms with E-state index in [0.717, 1.165) is 12.2 Å². The van der Waals surface area contributed by atoms with Crippen LogP contribution in [0.4, 0.5) is 10.1 Å². The van der Waals surface area contributed by atoms with E-state index in [0.29, 0.717) is 12.0 Å². The van der Waals surface area contributed by atoms with Crippen molar-refractivity contribution in [1.29, 1.82) is 0 Å². The van der Waals surface area contributed by atoms with Crippen molar-refractivity contribution in [1.82, 2.24) is 0 Å². The zero-order valence-electron chi connectivity index (χ0n) is 10.4. The summed E-state index contributed by atoms with van der Waals surface area (Å²) in [5, 5.41) is 0. The molecule has 0 aliphatic heterocycles. The maximum atomic E-state index is 13.5. The van der Waals surface area contributed by atoms with Crippen molar-refractivity contribution < 1.29 is 9.18 Å². The monoisotopic (exact) mass is 255 g/mol. The molecule has 1 rings (SSSR count). The van der Waals surface area contributed by atoms with Gasteiger partial charge in [-0.2, -0.15) is 11.8 Å². The Morgan fingerprint density at radius 3 is 2.82 bits per heavy atom. The first kappa shape index (κ1) is 14.0. The minimum atomic E-state index is -0.457. The predicted octanol–water partition coefficient (Wildman–Crippen LogP) is 3.22. The number of thioether (sulfide) groups is 1. The van der Waals surface area contributed by atoms with Crippen LogP contribution in [0.1, 0.15) is 23.7 Å². The first-order valence-electron chi connectivity index (χ1n) is 5.57. The van der Waals surface area contributed by atoms with Crippen LogP contribution in [0.25, 0.3) is 0 Å². The average Bonchev–Trinajstić information content (AvgIpc) is 2.34. The van der Waals surface area contributed by atoms with Gasteiger partial charge in [0, 0.05) is 13.1 Å². The van der Waals surface area contributed by atoms with Crippen molar-refractivity contribution in [3.8, 4) is 0 Å². The summed E-state index contributed by atoms with van der Waals surface area (Å²) in [5.41, 5.74) is 0.805. The van der Waals surface area contributed by atoms with Crippen molar-refractivity contribution in [2.24, 2.45) is 0 Å². The molecule has 94 valence electrons. The second kappa shape index (κ2) is 6.64. The van der Waals surface area contributed by atoms with E-state index >= 15 is 0 Å². The summed E-state index contributed by atoms with van der Waals surface area (Å²) in [5.74, 6) is 0.596. The molecule has 0 spiro atoms. The van der Waals surface area contributed by atoms with Crippen LogP contribution in [-0.4, -0.2) is 31.4 Å². The summed E-state index contributed by atoms with van der Waals surface area (Å²) in [6.45, 7) is 2.08. The third-order valence-corrected chi connectivity index (χ3v) is 3.57. The fourth-order valence-corrected chi connectivity index (χ4v) is 2.25. The van der Waals surface area contributed by atoms with Gasteiger partial charge >= 0.3 is 0 Å². The van der Waals surface area contributed by atoms with E-state index in [4.69, 9.17) is 0 Å². The molecule has 0 aliphatic carbocycles. The Balaban J connectivity index is 2.91. The molecular weight excluding hydrogens is 237 g/mol. The highest BCUT2D eigenvalue weighted by molar-refractivity contribution is 7.98. The minimum absolute atomic E-state index is 0.144. The fourth-order valence-electron chi connectivity index (χ4n) is 1.67. The minimum Gasteiger partial charge on any atom is -0.371 e. The van der Waals surface area contributed by atoms with E-state index in [-0.39, 0.29) is 11.6 Å². The smallest absolute Gasteiger partial charge is 0.155 e. The standard InChI is InChI=1S/C13H18FNOS/c1-10(7-8-17-3)15(2)13-6-4-5-12(14)11(13)9-16/h4-6,9-10H,7-8H2,1-3H3. The summed E-state index contributed by atoms with van der Waals surface area (Å²) in [6, 6.07) is 5.01. The summed E-state index contributed by atoms with van der Waals surface area (Å²) in [6.07, 6.45) is 3.65.